The fourth-order valence-corrected chi connectivity index (χ4v) is 3.35. The highest BCUT2D eigenvalue weighted by Crippen LogP contribution is 2.35. The Kier molecular flexibility index (Phi) is 3.71. The van der Waals surface area contributed by atoms with Gasteiger partial charge in [-0.1, -0.05) is 6.42 Å². The molecule has 0 amide bonds. The van der Waals surface area contributed by atoms with Crippen LogP contribution in [0.25, 0.3) is 0 Å². The van der Waals surface area contributed by atoms with Crippen LogP contribution in [0.3, 0.4) is 0 Å². The zero-order valence-corrected chi connectivity index (χ0v) is 11.1. The van der Waals surface area contributed by atoms with Crippen LogP contribution in [0.4, 0.5) is 0 Å². The molecule has 2 unspecified atom stereocenters. The fraction of sp³-hybridized carbons (Fsp3) is 0.733. The molecule has 18 heavy (non-hydrogen) atoms. The van der Waals surface area contributed by atoms with Crippen LogP contribution < -0.4 is 5.73 Å². The Balaban J connectivity index is 1.60. The molecule has 0 aromatic carbocycles. The second kappa shape index (κ2) is 5.45. The molecule has 2 aliphatic carbocycles. The van der Waals surface area contributed by atoms with Gasteiger partial charge in [-0.15, -0.1) is 0 Å². The number of nitrogens with two attached hydrogens (primary N) is 1. The number of hydrogen-bond acceptors (Lipinski definition) is 3. The molecular formula is C15H24N2O. The van der Waals surface area contributed by atoms with E-state index in [2.05, 4.69) is 11.0 Å². The van der Waals surface area contributed by atoms with Crippen LogP contribution >= 0.6 is 0 Å². The molecule has 3 heteroatoms. The largest absolute Gasteiger partial charge is 0.468 e. The highest BCUT2D eigenvalue weighted by Gasteiger charge is 2.34. The molecule has 1 aromatic rings. The van der Waals surface area contributed by atoms with Crippen molar-refractivity contribution in [2.75, 3.05) is 13.1 Å². The molecule has 1 aromatic heterocycles. The third kappa shape index (κ3) is 2.78. The zero-order chi connectivity index (χ0) is 12.4. The molecule has 2 atom stereocenters. The first-order valence-electron chi connectivity index (χ1n) is 7.33. The van der Waals surface area contributed by atoms with Crippen molar-refractivity contribution in [2.45, 2.75) is 44.7 Å². The minimum atomic E-state index is 0.753. The Labute approximate surface area is 109 Å². The van der Waals surface area contributed by atoms with Crippen molar-refractivity contribution in [2.24, 2.45) is 17.6 Å². The molecule has 0 radical (unpaired) electrons. The first-order valence-corrected chi connectivity index (χ1v) is 7.33. The van der Waals surface area contributed by atoms with Gasteiger partial charge in [0.05, 0.1) is 12.8 Å². The summed E-state index contributed by atoms with van der Waals surface area (Å²) in [6, 6.07) is 4.87. The minimum absolute atomic E-state index is 0.753. The summed E-state index contributed by atoms with van der Waals surface area (Å²) >= 11 is 0. The summed E-state index contributed by atoms with van der Waals surface area (Å²) in [6.45, 7) is 3.06. The lowest BCUT2D eigenvalue weighted by molar-refractivity contribution is 0.179. The van der Waals surface area contributed by atoms with Crippen molar-refractivity contribution in [1.82, 2.24) is 4.90 Å². The van der Waals surface area contributed by atoms with Gasteiger partial charge in [-0.2, -0.15) is 0 Å². The highest BCUT2D eigenvalue weighted by atomic mass is 16.3. The molecule has 0 bridgehead atoms. The standard InChI is InChI=1S/C15H24N2O/c16-9-12-3-1-4-13(12)10-17(14-6-7-14)11-15-5-2-8-18-15/h2,5,8,12-14H,1,3-4,6-7,9-11,16H2. The van der Waals surface area contributed by atoms with Crippen LogP contribution in [0.2, 0.25) is 0 Å². The van der Waals surface area contributed by atoms with Crippen molar-refractivity contribution in [1.29, 1.82) is 0 Å². The quantitative estimate of drug-likeness (QED) is 0.841. The predicted octanol–water partition coefficient (Wildman–Crippen LogP) is 2.62. The lowest BCUT2D eigenvalue weighted by atomic mass is 9.95. The summed E-state index contributed by atoms with van der Waals surface area (Å²) in [5.41, 5.74) is 5.89. The van der Waals surface area contributed by atoms with E-state index in [-0.39, 0.29) is 0 Å². The van der Waals surface area contributed by atoms with Gasteiger partial charge >= 0.3 is 0 Å². The van der Waals surface area contributed by atoms with E-state index in [1.807, 2.05) is 6.07 Å². The predicted molar refractivity (Wildman–Crippen MR) is 72.0 cm³/mol. The van der Waals surface area contributed by atoms with Crippen LogP contribution in [0.15, 0.2) is 22.8 Å². The smallest absolute Gasteiger partial charge is 0.117 e. The summed E-state index contributed by atoms with van der Waals surface area (Å²) < 4.78 is 5.49. The van der Waals surface area contributed by atoms with Gasteiger partial charge in [0.15, 0.2) is 0 Å². The van der Waals surface area contributed by atoms with E-state index < -0.39 is 0 Å². The third-order valence-electron chi connectivity index (χ3n) is 4.59. The van der Waals surface area contributed by atoms with Gasteiger partial charge in [0.1, 0.15) is 5.76 Å². The van der Waals surface area contributed by atoms with E-state index in [4.69, 9.17) is 10.2 Å². The van der Waals surface area contributed by atoms with Crippen LogP contribution in [-0.4, -0.2) is 24.0 Å². The molecule has 0 aliphatic heterocycles. The van der Waals surface area contributed by atoms with E-state index in [1.165, 1.54) is 38.6 Å². The highest BCUT2D eigenvalue weighted by molar-refractivity contribution is 5.00. The molecule has 2 aliphatic rings. The summed E-state index contributed by atoms with van der Waals surface area (Å²) in [7, 11) is 0. The van der Waals surface area contributed by atoms with Gasteiger partial charge in [0.25, 0.3) is 0 Å². The lowest BCUT2D eigenvalue weighted by Gasteiger charge is -2.27. The van der Waals surface area contributed by atoms with Crippen molar-refractivity contribution < 1.29 is 4.42 Å². The van der Waals surface area contributed by atoms with Gasteiger partial charge in [0.2, 0.25) is 0 Å². The van der Waals surface area contributed by atoms with Crippen molar-refractivity contribution in [3.05, 3.63) is 24.2 Å². The number of nitrogens with zero attached hydrogens (tertiary/aromatic N) is 1. The van der Waals surface area contributed by atoms with E-state index in [0.717, 1.165) is 36.7 Å². The molecule has 3 rings (SSSR count). The molecule has 2 fully saturated rings. The fourth-order valence-electron chi connectivity index (χ4n) is 3.35. The second-order valence-corrected chi connectivity index (χ2v) is 5.93. The lowest BCUT2D eigenvalue weighted by Crippen LogP contribution is -2.34. The second-order valence-electron chi connectivity index (χ2n) is 5.93. The molecule has 0 spiro atoms. The van der Waals surface area contributed by atoms with Crippen LogP contribution in [0.1, 0.15) is 37.9 Å². The summed E-state index contributed by atoms with van der Waals surface area (Å²) in [5, 5.41) is 0. The molecule has 3 nitrogen and oxygen atoms in total. The van der Waals surface area contributed by atoms with Gasteiger partial charge in [-0.25, -0.2) is 0 Å². The van der Waals surface area contributed by atoms with Crippen LogP contribution in [-0.2, 0) is 6.54 Å². The molecule has 2 N–H and O–H groups in total. The number of rotatable bonds is 6. The molecule has 1 heterocycles. The zero-order valence-electron chi connectivity index (χ0n) is 11.1. The monoisotopic (exact) mass is 248 g/mol. The maximum Gasteiger partial charge on any atom is 0.117 e. The molecule has 0 saturated heterocycles. The Hall–Kier alpha value is -0.800. The maximum atomic E-state index is 5.89. The number of hydrogen-bond donors (Lipinski definition) is 1. The summed E-state index contributed by atoms with van der Waals surface area (Å²) in [6.07, 6.45) is 8.57. The van der Waals surface area contributed by atoms with Crippen LogP contribution in [0.5, 0.6) is 0 Å². The Bertz CT molecular complexity index is 359. The van der Waals surface area contributed by atoms with Crippen molar-refractivity contribution >= 4 is 0 Å². The average Bonchev–Trinajstić information content (AvgIpc) is 2.92. The first-order chi connectivity index (χ1) is 8.86. The minimum Gasteiger partial charge on any atom is -0.468 e. The van der Waals surface area contributed by atoms with Crippen molar-refractivity contribution in [3.8, 4) is 0 Å². The van der Waals surface area contributed by atoms with E-state index in [1.54, 1.807) is 6.26 Å². The average molecular weight is 248 g/mol. The van der Waals surface area contributed by atoms with Crippen molar-refractivity contribution in [3.63, 3.8) is 0 Å². The SMILES string of the molecule is NCC1CCCC1CN(Cc1ccco1)C1CC1. The van der Waals surface area contributed by atoms with Gasteiger partial charge < -0.3 is 10.2 Å². The topological polar surface area (TPSA) is 42.4 Å². The number of furan rings is 1. The van der Waals surface area contributed by atoms with E-state index in [0.29, 0.717) is 0 Å². The molecule has 100 valence electrons. The van der Waals surface area contributed by atoms with E-state index in [9.17, 15) is 0 Å². The van der Waals surface area contributed by atoms with Crippen LogP contribution in [0, 0.1) is 11.8 Å². The van der Waals surface area contributed by atoms with Gasteiger partial charge in [-0.05, 0) is 56.2 Å². The Morgan fingerprint density at radius 2 is 2.06 bits per heavy atom. The summed E-state index contributed by atoms with van der Waals surface area (Å²) in [5.74, 6) is 2.66. The first kappa shape index (κ1) is 12.2. The van der Waals surface area contributed by atoms with E-state index >= 15 is 0 Å². The Morgan fingerprint density at radius 3 is 2.72 bits per heavy atom. The van der Waals surface area contributed by atoms with Gasteiger partial charge in [0, 0.05) is 12.6 Å². The maximum absolute atomic E-state index is 5.89. The van der Waals surface area contributed by atoms with Gasteiger partial charge in [-0.3, -0.25) is 4.90 Å². The third-order valence-corrected chi connectivity index (χ3v) is 4.59. The molecular weight excluding hydrogens is 224 g/mol. The Morgan fingerprint density at radius 1 is 1.22 bits per heavy atom. The summed E-state index contributed by atoms with van der Waals surface area (Å²) in [4.78, 5) is 2.62. The molecule has 2 saturated carbocycles. The normalized spacial score (nSPS) is 28.1.